The van der Waals surface area contributed by atoms with Crippen LogP contribution in [0.25, 0.3) is 0 Å². The predicted molar refractivity (Wildman–Crippen MR) is 304 cm³/mol. The van der Waals surface area contributed by atoms with E-state index in [4.69, 9.17) is 18.9 Å². The number of ether oxygens (including phenoxy) is 4. The van der Waals surface area contributed by atoms with Crippen LogP contribution in [0.5, 0.6) is 0 Å². The minimum atomic E-state index is -1.04. The summed E-state index contributed by atoms with van der Waals surface area (Å²) in [5.74, 6) is -6.49. The molecule has 0 heterocycles. The van der Waals surface area contributed by atoms with E-state index in [2.05, 4.69) is 0 Å². The smallest absolute Gasteiger partial charge is 0.306 e. The Bertz CT molecular complexity index is 1730. The van der Waals surface area contributed by atoms with E-state index < -0.39 is 153 Å². The number of aliphatic hydroxyl groups excluding tert-OH is 7. The number of carbonyl (C=O) groups excluding carboxylic acids is 10. The summed E-state index contributed by atoms with van der Waals surface area (Å²) >= 11 is 0. The highest BCUT2D eigenvalue weighted by Crippen LogP contribution is 2.15. The number of amides is 6. The van der Waals surface area contributed by atoms with Gasteiger partial charge in [0.15, 0.2) is 0 Å². The Hall–Kier alpha value is -5.58. The first-order valence-corrected chi connectivity index (χ1v) is 29.2. The molecule has 0 saturated carbocycles. The van der Waals surface area contributed by atoms with Crippen LogP contribution in [0.3, 0.4) is 0 Å². The predicted octanol–water partition coefficient (Wildman–Crippen LogP) is -0.0926. The molecule has 0 aromatic heterocycles. The molecule has 0 aliphatic rings. The summed E-state index contributed by atoms with van der Waals surface area (Å²) in [4.78, 5) is 140. The first-order valence-electron chi connectivity index (χ1n) is 29.2. The molecule has 7 N–H and O–H groups in total. The number of carbonyl (C=O) groups is 10. The second-order valence-electron chi connectivity index (χ2n) is 22.8. The molecule has 486 valence electrons. The fourth-order valence-corrected chi connectivity index (χ4v) is 8.86. The van der Waals surface area contributed by atoms with Crippen LogP contribution in [0.4, 0.5) is 0 Å². The van der Waals surface area contributed by atoms with E-state index >= 15 is 0 Å². The summed E-state index contributed by atoms with van der Waals surface area (Å²) in [7, 11) is 0. The van der Waals surface area contributed by atoms with Gasteiger partial charge in [-0.2, -0.15) is 0 Å². The number of hydrogen-bond donors (Lipinski definition) is 7. The Balaban J connectivity index is 6.65. The van der Waals surface area contributed by atoms with Gasteiger partial charge in [-0.1, -0.05) is 13.8 Å². The second kappa shape index (κ2) is 41.5. The zero-order valence-corrected chi connectivity index (χ0v) is 52.0. The van der Waals surface area contributed by atoms with Crippen LogP contribution in [0.15, 0.2) is 0 Å². The van der Waals surface area contributed by atoms with Crippen LogP contribution in [0.1, 0.15) is 154 Å². The van der Waals surface area contributed by atoms with Crippen molar-refractivity contribution in [2.24, 2.45) is 5.92 Å². The summed E-state index contributed by atoms with van der Waals surface area (Å²) in [6.45, 7) is 18.6. The molecular formula is C57H102N6O21. The highest BCUT2D eigenvalue weighted by Gasteiger charge is 2.29. The standard InChI is InChI=1S/C57H102N6O21/c1-36(2)24-58(25-37(3)64)50(73)16-20-54(77)81-44(10)32-62(33-45(11)82-55(78)21-17-51(74)59(26-38(4)65)27-39(5)66)48(71)14-15-49(72)63(34-46(12)83-56(79)22-18-52(75)60(28-40(6)67)29-41(7)68)35-47(13)84-57(80)23-19-53(76)61(30-42(8)69)31-43(9)70/h36-47,64-70H,14-35H2,1-13H3. The maximum atomic E-state index is 14.2. The van der Waals surface area contributed by atoms with Gasteiger partial charge < -0.3 is 84.1 Å². The van der Waals surface area contributed by atoms with Crippen molar-refractivity contribution in [1.29, 1.82) is 0 Å². The maximum absolute atomic E-state index is 14.2. The third kappa shape index (κ3) is 37.7. The quantitative estimate of drug-likeness (QED) is 0.0310. The van der Waals surface area contributed by atoms with Gasteiger partial charge >= 0.3 is 23.9 Å². The normalized spacial score (nSPS) is 15.3. The molecule has 27 heteroatoms. The summed E-state index contributed by atoms with van der Waals surface area (Å²) in [5, 5.41) is 69.2. The number of rotatable bonds is 43. The van der Waals surface area contributed by atoms with Gasteiger partial charge in [-0.25, -0.2) is 0 Å². The second-order valence-corrected chi connectivity index (χ2v) is 22.8. The SMILES string of the molecule is CC(C)CN(CC(C)O)C(=O)CCC(=O)OC(C)CN(CC(C)OC(=O)CCC(=O)N(CC(C)O)CC(C)O)C(=O)CCC(=O)N(CC(C)OC(=O)CCC(=O)N(CC(C)O)CC(C)O)CC(C)OC(=O)CCC(=O)N(CC(C)O)CC(C)O. The first-order chi connectivity index (χ1) is 39.0. The van der Waals surface area contributed by atoms with Crippen molar-refractivity contribution in [3.05, 3.63) is 0 Å². The van der Waals surface area contributed by atoms with Crippen molar-refractivity contribution in [3.8, 4) is 0 Å². The van der Waals surface area contributed by atoms with E-state index in [0.29, 0.717) is 6.54 Å². The number of esters is 4. The lowest BCUT2D eigenvalue weighted by atomic mass is 10.1. The van der Waals surface area contributed by atoms with Gasteiger partial charge in [-0.3, -0.25) is 47.9 Å². The molecule has 0 spiro atoms. The Labute approximate surface area is 495 Å². The summed E-state index contributed by atoms with van der Waals surface area (Å²) < 4.78 is 22.3. The third-order valence-corrected chi connectivity index (χ3v) is 12.1. The van der Waals surface area contributed by atoms with Crippen molar-refractivity contribution in [1.82, 2.24) is 29.4 Å². The van der Waals surface area contributed by atoms with E-state index in [9.17, 15) is 83.7 Å². The zero-order chi connectivity index (χ0) is 64.6. The summed E-state index contributed by atoms with van der Waals surface area (Å²) in [6, 6.07) is 0. The molecule has 0 bridgehead atoms. The molecule has 0 aliphatic heterocycles. The van der Waals surface area contributed by atoms with E-state index in [1.165, 1.54) is 106 Å². The molecule has 0 aliphatic carbocycles. The molecule has 0 aromatic rings. The van der Waals surface area contributed by atoms with E-state index in [1.54, 1.807) is 0 Å². The van der Waals surface area contributed by atoms with Gasteiger partial charge in [0.1, 0.15) is 24.4 Å². The fourth-order valence-electron chi connectivity index (χ4n) is 8.86. The van der Waals surface area contributed by atoms with Crippen molar-refractivity contribution >= 4 is 59.3 Å². The molecule has 0 fully saturated rings. The van der Waals surface area contributed by atoms with Crippen LogP contribution in [-0.2, 0) is 66.9 Å². The zero-order valence-electron chi connectivity index (χ0n) is 52.0. The molecule has 6 amide bonds. The molecule has 11 atom stereocenters. The molecule has 0 saturated heterocycles. The van der Waals surface area contributed by atoms with E-state index in [-0.39, 0.29) is 116 Å². The van der Waals surface area contributed by atoms with Crippen LogP contribution in [-0.4, -0.2) is 270 Å². The summed E-state index contributed by atoms with van der Waals surface area (Å²) in [6.07, 6.45) is -14.2. The summed E-state index contributed by atoms with van der Waals surface area (Å²) in [5.41, 5.74) is 0. The Morgan fingerprint density at radius 2 is 0.381 bits per heavy atom. The van der Waals surface area contributed by atoms with Gasteiger partial charge in [-0.15, -0.1) is 0 Å². The average Bonchev–Trinajstić information content (AvgIpc) is 3.56. The lowest BCUT2D eigenvalue weighted by molar-refractivity contribution is -0.157. The van der Waals surface area contributed by atoms with Crippen LogP contribution in [0, 0.1) is 5.92 Å². The third-order valence-electron chi connectivity index (χ3n) is 12.1. The van der Waals surface area contributed by atoms with Crippen molar-refractivity contribution in [2.45, 2.75) is 221 Å². The van der Waals surface area contributed by atoms with E-state index in [1.807, 2.05) is 13.8 Å². The largest absolute Gasteiger partial charge is 0.461 e. The van der Waals surface area contributed by atoms with Crippen molar-refractivity contribution in [2.75, 3.05) is 78.5 Å². The van der Waals surface area contributed by atoms with E-state index in [0.717, 1.165) is 0 Å². The minimum Gasteiger partial charge on any atom is -0.461 e. The number of aliphatic hydroxyl groups is 7. The Kier molecular flexibility index (Phi) is 38.7. The maximum Gasteiger partial charge on any atom is 0.306 e. The lowest BCUT2D eigenvalue weighted by Gasteiger charge is -2.30. The first kappa shape index (κ1) is 78.4. The highest BCUT2D eigenvalue weighted by molar-refractivity contribution is 5.85. The molecule has 0 radical (unpaired) electrons. The lowest BCUT2D eigenvalue weighted by Crippen LogP contribution is -2.45. The Morgan fingerprint density at radius 1 is 0.238 bits per heavy atom. The van der Waals surface area contributed by atoms with Gasteiger partial charge in [0.25, 0.3) is 0 Å². The van der Waals surface area contributed by atoms with Gasteiger partial charge in [0.05, 0.1) is 94.6 Å². The monoisotopic (exact) mass is 1210 g/mol. The van der Waals surface area contributed by atoms with Crippen LogP contribution in [0.2, 0.25) is 0 Å². The van der Waals surface area contributed by atoms with Crippen LogP contribution < -0.4 is 0 Å². The number of nitrogens with zero attached hydrogens (tertiary/aromatic N) is 6. The minimum absolute atomic E-state index is 0.0614. The molecule has 11 unspecified atom stereocenters. The molecule has 0 aromatic carbocycles. The van der Waals surface area contributed by atoms with Gasteiger partial charge in [-0.05, 0) is 82.1 Å². The average molecular weight is 1210 g/mol. The Morgan fingerprint density at radius 3 is 0.536 bits per heavy atom. The fraction of sp³-hybridized carbons (Fsp3) is 0.825. The number of hydrogen-bond acceptors (Lipinski definition) is 21. The van der Waals surface area contributed by atoms with Gasteiger partial charge in [0.2, 0.25) is 35.4 Å². The van der Waals surface area contributed by atoms with Gasteiger partial charge in [0, 0.05) is 90.9 Å². The van der Waals surface area contributed by atoms with Crippen molar-refractivity contribution in [3.63, 3.8) is 0 Å². The topological polar surface area (TPSA) is 369 Å². The highest BCUT2D eigenvalue weighted by atomic mass is 16.6. The molecule has 0 rings (SSSR count). The molecular weight excluding hydrogens is 1100 g/mol. The molecule has 27 nitrogen and oxygen atoms in total. The van der Waals surface area contributed by atoms with Crippen molar-refractivity contribution < 1.29 is 103 Å². The van der Waals surface area contributed by atoms with Crippen LogP contribution >= 0.6 is 0 Å². The molecule has 84 heavy (non-hydrogen) atoms.